The van der Waals surface area contributed by atoms with Crippen molar-refractivity contribution in [2.75, 3.05) is 13.7 Å². The van der Waals surface area contributed by atoms with Gasteiger partial charge in [-0.05, 0) is 24.5 Å². The van der Waals surface area contributed by atoms with E-state index in [2.05, 4.69) is 19.2 Å². The van der Waals surface area contributed by atoms with Crippen molar-refractivity contribution < 1.29 is 13.9 Å². The summed E-state index contributed by atoms with van der Waals surface area (Å²) < 4.78 is 18.9. The maximum atomic E-state index is 13.5. The highest BCUT2D eigenvalue weighted by Gasteiger charge is 2.10. The Morgan fingerprint density at radius 3 is 2.71 bits per heavy atom. The molecule has 0 fully saturated rings. The summed E-state index contributed by atoms with van der Waals surface area (Å²) in [6.07, 6.45) is 0.915. The molecule has 1 aromatic carbocycles. The highest BCUT2D eigenvalue weighted by molar-refractivity contribution is 5.94. The number of nitrogens with one attached hydrogen (secondary N) is 1. The summed E-state index contributed by atoms with van der Waals surface area (Å²) in [5, 5.41) is 2.38. The van der Waals surface area contributed by atoms with Gasteiger partial charge in [0.25, 0.3) is 5.91 Å². The van der Waals surface area contributed by atoms with Crippen LogP contribution in [-0.4, -0.2) is 19.6 Å². The number of amides is 1. The van der Waals surface area contributed by atoms with E-state index in [4.69, 9.17) is 4.74 Å². The van der Waals surface area contributed by atoms with Gasteiger partial charge < -0.3 is 10.1 Å². The third-order valence-corrected chi connectivity index (χ3v) is 2.38. The van der Waals surface area contributed by atoms with Gasteiger partial charge in [-0.2, -0.15) is 0 Å². The minimum absolute atomic E-state index is 0.0312. The fourth-order valence-electron chi connectivity index (χ4n) is 1.32. The SMILES string of the molecule is CNC(=O)c1ccc(OCCC(C)C)cc1F. The number of carbonyl (C=O) groups is 1. The van der Waals surface area contributed by atoms with Gasteiger partial charge in [-0.15, -0.1) is 0 Å². The molecule has 1 N–H and O–H groups in total. The van der Waals surface area contributed by atoms with Gasteiger partial charge in [0.1, 0.15) is 11.6 Å². The number of benzene rings is 1. The molecule has 3 nitrogen and oxygen atoms in total. The summed E-state index contributed by atoms with van der Waals surface area (Å²) in [5.74, 6) is 0.00317. The van der Waals surface area contributed by atoms with Crippen molar-refractivity contribution in [2.24, 2.45) is 5.92 Å². The first-order valence-corrected chi connectivity index (χ1v) is 5.69. The summed E-state index contributed by atoms with van der Waals surface area (Å²) >= 11 is 0. The van der Waals surface area contributed by atoms with E-state index in [9.17, 15) is 9.18 Å². The standard InChI is InChI=1S/C13H18FNO2/c1-9(2)6-7-17-10-4-5-11(12(14)8-10)13(16)15-3/h4-5,8-9H,6-7H2,1-3H3,(H,15,16). The van der Waals surface area contributed by atoms with Gasteiger partial charge in [-0.25, -0.2) is 4.39 Å². The smallest absolute Gasteiger partial charge is 0.254 e. The molecule has 0 aliphatic heterocycles. The molecule has 1 rings (SSSR count). The van der Waals surface area contributed by atoms with E-state index in [1.165, 1.54) is 19.2 Å². The van der Waals surface area contributed by atoms with Crippen molar-refractivity contribution in [3.8, 4) is 5.75 Å². The molecule has 0 saturated carbocycles. The van der Waals surface area contributed by atoms with Gasteiger partial charge in [-0.1, -0.05) is 13.8 Å². The van der Waals surface area contributed by atoms with Crippen LogP contribution in [0.2, 0.25) is 0 Å². The summed E-state index contributed by atoms with van der Waals surface area (Å²) in [6.45, 7) is 4.74. The topological polar surface area (TPSA) is 38.3 Å². The molecule has 1 aromatic rings. The molecule has 0 bridgehead atoms. The molecule has 0 aliphatic carbocycles. The van der Waals surface area contributed by atoms with Gasteiger partial charge in [0.05, 0.1) is 12.2 Å². The second-order valence-corrected chi connectivity index (χ2v) is 4.25. The van der Waals surface area contributed by atoms with Crippen LogP contribution in [0.4, 0.5) is 4.39 Å². The molecule has 4 heteroatoms. The highest BCUT2D eigenvalue weighted by atomic mass is 19.1. The number of hydrogen-bond acceptors (Lipinski definition) is 2. The Hall–Kier alpha value is -1.58. The summed E-state index contributed by atoms with van der Waals surface area (Å²) in [7, 11) is 1.47. The van der Waals surface area contributed by atoms with Crippen molar-refractivity contribution in [3.05, 3.63) is 29.6 Å². The van der Waals surface area contributed by atoms with Crippen LogP contribution in [0.3, 0.4) is 0 Å². The molecule has 0 aromatic heterocycles. The average Bonchev–Trinajstić information content (AvgIpc) is 2.28. The van der Waals surface area contributed by atoms with Crippen LogP contribution in [0.25, 0.3) is 0 Å². The molecule has 0 spiro atoms. The van der Waals surface area contributed by atoms with Crippen molar-refractivity contribution >= 4 is 5.91 Å². The predicted octanol–water partition coefficient (Wildman–Crippen LogP) is 2.61. The molecule has 0 aliphatic rings. The Morgan fingerprint density at radius 1 is 1.47 bits per heavy atom. The molecule has 94 valence electrons. The lowest BCUT2D eigenvalue weighted by atomic mass is 10.1. The van der Waals surface area contributed by atoms with Crippen molar-refractivity contribution in [3.63, 3.8) is 0 Å². The van der Waals surface area contributed by atoms with E-state index in [1.807, 2.05) is 0 Å². The molecule has 0 saturated heterocycles. The van der Waals surface area contributed by atoms with Gasteiger partial charge in [0, 0.05) is 13.1 Å². The van der Waals surface area contributed by atoms with Gasteiger partial charge in [0.15, 0.2) is 0 Å². The van der Waals surface area contributed by atoms with Crippen LogP contribution in [0.1, 0.15) is 30.6 Å². The average molecular weight is 239 g/mol. The van der Waals surface area contributed by atoms with E-state index in [1.54, 1.807) is 6.07 Å². The summed E-state index contributed by atoms with van der Waals surface area (Å²) in [5.41, 5.74) is 0.0312. The fourth-order valence-corrected chi connectivity index (χ4v) is 1.32. The zero-order valence-corrected chi connectivity index (χ0v) is 10.4. The first-order valence-electron chi connectivity index (χ1n) is 5.69. The molecule has 1 amide bonds. The zero-order valence-electron chi connectivity index (χ0n) is 10.4. The number of rotatable bonds is 5. The Kier molecular flexibility index (Phi) is 4.94. The first-order chi connectivity index (χ1) is 8.04. The minimum atomic E-state index is -0.564. The first kappa shape index (κ1) is 13.5. The summed E-state index contributed by atoms with van der Waals surface area (Å²) in [6, 6.07) is 4.28. The maximum absolute atomic E-state index is 13.5. The lowest BCUT2D eigenvalue weighted by Crippen LogP contribution is -2.19. The molecule has 0 heterocycles. The van der Waals surface area contributed by atoms with Gasteiger partial charge in [0.2, 0.25) is 0 Å². The van der Waals surface area contributed by atoms with Crippen LogP contribution in [0.5, 0.6) is 5.75 Å². The Bertz CT molecular complexity index is 391. The van der Waals surface area contributed by atoms with Crippen LogP contribution in [0, 0.1) is 11.7 Å². The van der Waals surface area contributed by atoms with Crippen LogP contribution < -0.4 is 10.1 Å². The second kappa shape index (κ2) is 6.23. The zero-order chi connectivity index (χ0) is 12.8. The third kappa shape index (κ3) is 4.06. The Labute approximate surface area is 101 Å². The molecular weight excluding hydrogens is 221 g/mol. The van der Waals surface area contributed by atoms with E-state index >= 15 is 0 Å². The van der Waals surface area contributed by atoms with Crippen molar-refractivity contribution in [2.45, 2.75) is 20.3 Å². The van der Waals surface area contributed by atoms with Crippen molar-refractivity contribution in [1.82, 2.24) is 5.32 Å². The predicted molar refractivity (Wildman–Crippen MR) is 64.7 cm³/mol. The van der Waals surface area contributed by atoms with E-state index in [0.29, 0.717) is 18.3 Å². The lowest BCUT2D eigenvalue weighted by Gasteiger charge is -2.09. The number of ether oxygens (including phenoxy) is 1. The monoisotopic (exact) mass is 239 g/mol. The molecule has 17 heavy (non-hydrogen) atoms. The normalized spacial score (nSPS) is 10.4. The summed E-state index contributed by atoms with van der Waals surface area (Å²) in [4.78, 5) is 11.3. The maximum Gasteiger partial charge on any atom is 0.254 e. The van der Waals surface area contributed by atoms with E-state index in [-0.39, 0.29) is 5.56 Å². The van der Waals surface area contributed by atoms with E-state index in [0.717, 1.165) is 6.42 Å². The van der Waals surface area contributed by atoms with Crippen LogP contribution >= 0.6 is 0 Å². The van der Waals surface area contributed by atoms with Gasteiger partial charge in [-0.3, -0.25) is 4.79 Å². The fraction of sp³-hybridized carbons (Fsp3) is 0.462. The number of carbonyl (C=O) groups excluding carboxylic acids is 1. The van der Waals surface area contributed by atoms with Crippen LogP contribution in [-0.2, 0) is 0 Å². The van der Waals surface area contributed by atoms with E-state index < -0.39 is 11.7 Å². The number of halogens is 1. The second-order valence-electron chi connectivity index (χ2n) is 4.25. The molecular formula is C13H18FNO2. The van der Waals surface area contributed by atoms with Crippen molar-refractivity contribution in [1.29, 1.82) is 0 Å². The quantitative estimate of drug-likeness (QED) is 0.857. The lowest BCUT2D eigenvalue weighted by molar-refractivity contribution is 0.0959. The van der Waals surface area contributed by atoms with Gasteiger partial charge >= 0.3 is 0 Å². The molecule has 0 radical (unpaired) electrons. The molecule has 0 unspecified atom stereocenters. The third-order valence-electron chi connectivity index (χ3n) is 2.38. The van der Waals surface area contributed by atoms with Crippen LogP contribution in [0.15, 0.2) is 18.2 Å². The number of hydrogen-bond donors (Lipinski definition) is 1. The minimum Gasteiger partial charge on any atom is -0.493 e. The Balaban J connectivity index is 2.65. The highest BCUT2D eigenvalue weighted by Crippen LogP contribution is 2.17. The Morgan fingerprint density at radius 2 is 2.18 bits per heavy atom. The largest absolute Gasteiger partial charge is 0.493 e. The molecule has 0 atom stereocenters.